The Labute approximate surface area is 126 Å². The van der Waals surface area contributed by atoms with Gasteiger partial charge in [0.05, 0.1) is 0 Å². The maximum Gasteiger partial charge on any atom is 0.00682 e. The second-order valence-corrected chi connectivity index (χ2v) is 7.07. The van der Waals surface area contributed by atoms with Gasteiger partial charge in [-0.1, -0.05) is 32.6 Å². The predicted octanol–water partition coefficient (Wildman–Crippen LogP) is 4.20. The summed E-state index contributed by atoms with van der Waals surface area (Å²) in [5.41, 5.74) is 0. The molecule has 2 rings (SSSR count). The number of likely N-dealkylation sites (tertiary alicyclic amines) is 1. The number of hydrogen-bond donors (Lipinski definition) is 1. The van der Waals surface area contributed by atoms with Crippen LogP contribution >= 0.6 is 0 Å². The second-order valence-electron chi connectivity index (χ2n) is 7.07. The Morgan fingerprint density at radius 1 is 0.950 bits per heavy atom. The average Bonchev–Trinajstić information content (AvgIpc) is 3.26. The van der Waals surface area contributed by atoms with Crippen molar-refractivity contribution in [3.05, 3.63) is 0 Å². The second kappa shape index (κ2) is 9.78. The maximum absolute atomic E-state index is 3.61. The molecule has 118 valence electrons. The van der Waals surface area contributed by atoms with Gasteiger partial charge < -0.3 is 10.2 Å². The molecule has 2 fully saturated rings. The fourth-order valence-corrected chi connectivity index (χ4v) is 3.55. The van der Waals surface area contributed by atoms with E-state index in [0.717, 1.165) is 12.0 Å². The van der Waals surface area contributed by atoms with Gasteiger partial charge in [0.1, 0.15) is 0 Å². The summed E-state index contributed by atoms with van der Waals surface area (Å²) < 4.78 is 0. The first kappa shape index (κ1) is 16.3. The molecule has 0 aromatic carbocycles. The highest BCUT2D eigenvalue weighted by molar-refractivity contribution is 4.80. The lowest BCUT2D eigenvalue weighted by molar-refractivity contribution is 0.272. The molecule has 0 bridgehead atoms. The molecule has 1 saturated carbocycles. The fraction of sp³-hybridized carbons (Fsp3) is 1.00. The van der Waals surface area contributed by atoms with Crippen molar-refractivity contribution < 1.29 is 0 Å². The van der Waals surface area contributed by atoms with E-state index < -0.39 is 0 Å². The molecule has 1 heterocycles. The first-order valence-electron chi connectivity index (χ1n) is 9.34. The van der Waals surface area contributed by atoms with Gasteiger partial charge in [-0.05, 0) is 77.0 Å². The molecule has 1 N–H and O–H groups in total. The van der Waals surface area contributed by atoms with Gasteiger partial charge in [0.15, 0.2) is 0 Å². The van der Waals surface area contributed by atoms with E-state index in [2.05, 4.69) is 17.1 Å². The van der Waals surface area contributed by atoms with Crippen molar-refractivity contribution in [3.8, 4) is 0 Å². The molecule has 1 unspecified atom stereocenters. The Balaban J connectivity index is 1.42. The Morgan fingerprint density at radius 2 is 1.80 bits per heavy atom. The SMILES string of the molecule is CCCC1CCCN(CCCCCCNC2CC2)CC1. The third kappa shape index (κ3) is 7.08. The molecule has 1 saturated heterocycles. The van der Waals surface area contributed by atoms with E-state index in [9.17, 15) is 0 Å². The lowest BCUT2D eigenvalue weighted by Crippen LogP contribution is -2.26. The van der Waals surface area contributed by atoms with Crippen molar-refractivity contribution >= 4 is 0 Å². The van der Waals surface area contributed by atoms with Crippen LogP contribution in [0.15, 0.2) is 0 Å². The molecule has 1 aliphatic carbocycles. The zero-order valence-electron chi connectivity index (χ0n) is 13.7. The van der Waals surface area contributed by atoms with Gasteiger partial charge in [0.25, 0.3) is 0 Å². The van der Waals surface area contributed by atoms with Gasteiger partial charge in [-0.15, -0.1) is 0 Å². The lowest BCUT2D eigenvalue weighted by atomic mass is 9.96. The molecule has 2 aliphatic rings. The van der Waals surface area contributed by atoms with Crippen LogP contribution in [0.2, 0.25) is 0 Å². The number of hydrogen-bond acceptors (Lipinski definition) is 2. The van der Waals surface area contributed by atoms with Gasteiger partial charge >= 0.3 is 0 Å². The van der Waals surface area contributed by atoms with Crippen LogP contribution in [0.25, 0.3) is 0 Å². The lowest BCUT2D eigenvalue weighted by Gasteiger charge is -2.20. The Kier molecular flexibility index (Phi) is 7.97. The molecule has 2 nitrogen and oxygen atoms in total. The zero-order chi connectivity index (χ0) is 14.0. The first-order valence-corrected chi connectivity index (χ1v) is 9.34. The molecule has 0 radical (unpaired) electrons. The number of unbranched alkanes of at least 4 members (excludes halogenated alkanes) is 3. The highest BCUT2D eigenvalue weighted by Gasteiger charge is 2.19. The van der Waals surface area contributed by atoms with Crippen LogP contribution in [-0.4, -0.2) is 37.1 Å². The number of nitrogens with zero attached hydrogens (tertiary/aromatic N) is 1. The van der Waals surface area contributed by atoms with Gasteiger partial charge in [-0.2, -0.15) is 0 Å². The smallest absolute Gasteiger partial charge is 0.00682 e. The van der Waals surface area contributed by atoms with Crippen LogP contribution in [0.3, 0.4) is 0 Å². The molecule has 0 aromatic rings. The predicted molar refractivity (Wildman–Crippen MR) is 88.2 cm³/mol. The van der Waals surface area contributed by atoms with Crippen molar-refractivity contribution in [2.75, 3.05) is 26.2 Å². The van der Waals surface area contributed by atoms with Gasteiger partial charge in [0, 0.05) is 6.04 Å². The summed E-state index contributed by atoms with van der Waals surface area (Å²) in [5, 5.41) is 3.61. The monoisotopic (exact) mass is 280 g/mol. The van der Waals surface area contributed by atoms with Crippen molar-refractivity contribution in [1.82, 2.24) is 10.2 Å². The quantitative estimate of drug-likeness (QED) is 0.603. The van der Waals surface area contributed by atoms with Crippen molar-refractivity contribution in [2.24, 2.45) is 5.92 Å². The standard InChI is InChI=1S/C18H36N2/c1-2-8-17-9-7-15-20(16-12-17)14-6-4-3-5-13-19-18-10-11-18/h17-19H,2-16H2,1H3. The van der Waals surface area contributed by atoms with Gasteiger partial charge in [0.2, 0.25) is 0 Å². The molecule has 1 aliphatic heterocycles. The van der Waals surface area contributed by atoms with E-state index in [1.54, 1.807) is 0 Å². The summed E-state index contributed by atoms with van der Waals surface area (Å²) in [6.07, 6.45) is 15.7. The van der Waals surface area contributed by atoms with E-state index in [1.165, 1.54) is 96.8 Å². The average molecular weight is 280 g/mol. The van der Waals surface area contributed by atoms with E-state index in [-0.39, 0.29) is 0 Å². The van der Waals surface area contributed by atoms with Crippen LogP contribution in [-0.2, 0) is 0 Å². The molecule has 0 spiro atoms. The van der Waals surface area contributed by atoms with Crippen LogP contribution in [0, 0.1) is 5.92 Å². The molecule has 0 aromatic heterocycles. The fourth-order valence-electron chi connectivity index (χ4n) is 3.55. The minimum absolute atomic E-state index is 0.892. The summed E-state index contributed by atoms with van der Waals surface area (Å²) in [4.78, 5) is 2.73. The van der Waals surface area contributed by atoms with Crippen LogP contribution in [0.5, 0.6) is 0 Å². The topological polar surface area (TPSA) is 15.3 Å². The van der Waals surface area contributed by atoms with Crippen LogP contribution in [0.1, 0.15) is 77.6 Å². The molecular formula is C18H36N2. The minimum atomic E-state index is 0.892. The summed E-state index contributed by atoms with van der Waals surface area (Å²) in [6, 6.07) is 0.892. The number of rotatable bonds is 10. The largest absolute Gasteiger partial charge is 0.314 e. The van der Waals surface area contributed by atoms with E-state index in [4.69, 9.17) is 0 Å². The molecule has 0 amide bonds. The maximum atomic E-state index is 3.61. The Hall–Kier alpha value is -0.0800. The molecule has 20 heavy (non-hydrogen) atoms. The molecule has 1 atom stereocenters. The van der Waals surface area contributed by atoms with Gasteiger partial charge in [-0.3, -0.25) is 0 Å². The molecule has 2 heteroatoms. The van der Waals surface area contributed by atoms with Crippen LogP contribution in [0.4, 0.5) is 0 Å². The third-order valence-corrected chi connectivity index (χ3v) is 5.05. The van der Waals surface area contributed by atoms with Crippen LogP contribution < -0.4 is 5.32 Å². The van der Waals surface area contributed by atoms with Gasteiger partial charge in [-0.25, -0.2) is 0 Å². The number of nitrogens with one attached hydrogen (secondary N) is 1. The normalized spacial score (nSPS) is 24.8. The van der Waals surface area contributed by atoms with Crippen molar-refractivity contribution in [1.29, 1.82) is 0 Å². The summed E-state index contributed by atoms with van der Waals surface area (Å²) in [7, 11) is 0. The summed E-state index contributed by atoms with van der Waals surface area (Å²) >= 11 is 0. The first-order chi connectivity index (χ1) is 9.88. The van der Waals surface area contributed by atoms with E-state index in [0.29, 0.717) is 0 Å². The third-order valence-electron chi connectivity index (χ3n) is 5.05. The summed E-state index contributed by atoms with van der Waals surface area (Å²) in [6.45, 7) is 7.68. The Morgan fingerprint density at radius 3 is 2.60 bits per heavy atom. The van der Waals surface area contributed by atoms with E-state index in [1.807, 2.05) is 0 Å². The minimum Gasteiger partial charge on any atom is -0.314 e. The summed E-state index contributed by atoms with van der Waals surface area (Å²) in [5.74, 6) is 1.03. The zero-order valence-corrected chi connectivity index (χ0v) is 13.7. The highest BCUT2D eigenvalue weighted by Crippen LogP contribution is 2.22. The Bertz CT molecular complexity index is 238. The van der Waals surface area contributed by atoms with Crippen molar-refractivity contribution in [3.63, 3.8) is 0 Å². The molecular weight excluding hydrogens is 244 g/mol. The van der Waals surface area contributed by atoms with Crippen molar-refractivity contribution in [2.45, 2.75) is 83.6 Å². The highest BCUT2D eigenvalue weighted by atomic mass is 15.1. The van der Waals surface area contributed by atoms with E-state index >= 15 is 0 Å².